The largest absolute Gasteiger partial charge is 0.244 e. The molecule has 380 valence electrons. The molecule has 4 atom stereocenters. The molecule has 63 heavy (non-hydrogen) atoms. The molecular formula is C61H124S2. The zero-order chi connectivity index (χ0) is 45.4. The Morgan fingerprint density at radius 3 is 0.683 bits per heavy atom. The maximum atomic E-state index is 2.77. The first-order valence-electron chi connectivity index (χ1n) is 30.2. The topological polar surface area (TPSA) is 0 Å². The van der Waals surface area contributed by atoms with Crippen LogP contribution in [0.2, 0.25) is 0 Å². The van der Waals surface area contributed by atoms with Crippen LogP contribution in [0.15, 0.2) is 0 Å². The van der Waals surface area contributed by atoms with Crippen LogP contribution in [0, 0.1) is 11.8 Å². The number of unbranched alkanes of at least 4 members (excludes halogenated alkanes) is 20. The molecule has 0 aromatic carbocycles. The first kappa shape index (κ1) is 59.8. The average Bonchev–Trinajstić information content (AvgIpc) is 3.25. The lowest BCUT2D eigenvalue weighted by Gasteiger charge is -2.41. The molecule has 0 radical (unpaired) electrons. The van der Waals surface area contributed by atoms with Crippen LogP contribution in [0.5, 0.6) is 0 Å². The summed E-state index contributed by atoms with van der Waals surface area (Å²) in [5.74, 6) is 5.30. The predicted molar refractivity (Wildman–Crippen MR) is 301 cm³/mol. The summed E-state index contributed by atoms with van der Waals surface area (Å²) in [6.45, 7) is 4.67. The summed E-state index contributed by atoms with van der Waals surface area (Å²) in [4.78, 5) is 0. The Bertz CT molecular complexity index is 939. The lowest BCUT2D eigenvalue weighted by molar-refractivity contribution is 0.145. The molecule has 2 saturated carbocycles. The van der Waals surface area contributed by atoms with E-state index in [4.69, 9.17) is 0 Å². The zero-order valence-electron chi connectivity index (χ0n) is 45.2. The molecule has 4 unspecified atom stereocenters. The van der Waals surface area contributed by atoms with Crippen molar-refractivity contribution in [3.63, 3.8) is 0 Å². The number of hydrogen-bond acceptors (Lipinski definition) is 0. The predicted octanol–water partition coefficient (Wildman–Crippen LogP) is 22.3. The van der Waals surface area contributed by atoms with Crippen LogP contribution in [-0.4, -0.2) is 47.0 Å². The summed E-state index contributed by atoms with van der Waals surface area (Å²) < 4.78 is 0. The number of rotatable bonds is 26. The first-order valence-corrected chi connectivity index (χ1v) is 35.6. The van der Waals surface area contributed by atoms with Crippen molar-refractivity contribution in [2.24, 2.45) is 11.8 Å². The monoisotopic (exact) mass is 921 g/mol. The minimum Gasteiger partial charge on any atom is -0.244 e. The van der Waals surface area contributed by atoms with Gasteiger partial charge in [0.15, 0.2) is 0 Å². The van der Waals surface area contributed by atoms with Crippen molar-refractivity contribution < 1.29 is 0 Å². The quantitative estimate of drug-likeness (QED) is 0.0759. The van der Waals surface area contributed by atoms with Crippen LogP contribution >= 0.6 is 20.1 Å². The molecule has 0 nitrogen and oxygen atoms in total. The van der Waals surface area contributed by atoms with E-state index < -0.39 is 20.1 Å². The van der Waals surface area contributed by atoms with Gasteiger partial charge < -0.3 is 0 Å². The fourth-order valence-corrected chi connectivity index (χ4v) is 18.0. The lowest BCUT2D eigenvalue weighted by atomic mass is 9.69. The maximum absolute atomic E-state index is 2.77. The SMILES string of the molecule is CCCCCCCCCCCCCS(C)(C)C1CCCCCCCCCCC2CCC2CCCCCCC(S(C)(C)CCCCCCCCCCCCC)CCCCCCCCC1. The Hall–Kier alpha value is 0.700. The lowest BCUT2D eigenvalue weighted by Crippen LogP contribution is -2.25. The van der Waals surface area contributed by atoms with E-state index in [0.29, 0.717) is 0 Å². The highest BCUT2D eigenvalue weighted by atomic mass is 32.3. The van der Waals surface area contributed by atoms with Gasteiger partial charge in [0.1, 0.15) is 0 Å². The number of hydrogen-bond donors (Lipinski definition) is 0. The van der Waals surface area contributed by atoms with Crippen LogP contribution in [0.4, 0.5) is 0 Å². The molecule has 0 amide bonds. The summed E-state index contributed by atoms with van der Waals surface area (Å²) in [6, 6.07) is 0. The van der Waals surface area contributed by atoms with E-state index in [1.807, 2.05) is 0 Å². The first-order chi connectivity index (χ1) is 30.8. The molecule has 0 saturated heterocycles. The van der Waals surface area contributed by atoms with E-state index in [1.54, 1.807) is 62.9 Å². The molecule has 0 N–H and O–H groups in total. The second-order valence-electron chi connectivity index (χ2n) is 23.5. The van der Waals surface area contributed by atoms with E-state index in [0.717, 1.165) is 22.3 Å². The van der Waals surface area contributed by atoms with Gasteiger partial charge in [-0.15, -0.1) is 0 Å². The summed E-state index contributed by atoms with van der Waals surface area (Å²) in [6.07, 6.45) is 84.6. The molecule has 2 fully saturated rings. The minimum atomic E-state index is -0.497. The smallest absolute Gasteiger partial charge is 0.0117 e. The van der Waals surface area contributed by atoms with Crippen molar-refractivity contribution in [2.75, 3.05) is 36.5 Å². The van der Waals surface area contributed by atoms with Gasteiger partial charge in [-0.25, -0.2) is 20.1 Å². The minimum absolute atomic E-state index is 0.493. The normalized spacial score (nSPS) is 24.0. The molecule has 2 rings (SSSR count). The third-order valence-corrected chi connectivity index (χ3v) is 24.4. The summed E-state index contributed by atoms with van der Waals surface area (Å²) in [7, 11) is -0.990. The van der Waals surface area contributed by atoms with E-state index in [-0.39, 0.29) is 0 Å². The van der Waals surface area contributed by atoms with E-state index in [1.165, 1.54) is 263 Å². The average molecular weight is 922 g/mol. The Balaban J connectivity index is 1.82. The van der Waals surface area contributed by atoms with Gasteiger partial charge in [-0.05, 0) is 110 Å². The van der Waals surface area contributed by atoms with Crippen molar-refractivity contribution in [2.45, 2.75) is 339 Å². The fraction of sp³-hybridized carbons (Fsp3) is 1.00. The molecule has 0 aliphatic heterocycles. The highest BCUT2D eigenvalue weighted by molar-refractivity contribution is 8.33. The van der Waals surface area contributed by atoms with Gasteiger partial charge in [-0.3, -0.25) is 0 Å². The third kappa shape index (κ3) is 33.0. The van der Waals surface area contributed by atoms with Crippen molar-refractivity contribution in [3.05, 3.63) is 0 Å². The molecule has 0 aromatic heterocycles. The van der Waals surface area contributed by atoms with Gasteiger partial charge in [0.25, 0.3) is 0 Å². The molecule has 2 aliphatic rings. The molecule has 0 bridgehead atoms. The summed E-state index contributed by atoms with van der Waals surface area (Å²) in [5, 5.41) is 2.06. The zero-order valence-corrected chi connectivity index (χ0v) is 46.8. The van der Waals surface area contributed by atoms with Crippen molar-refractivity contribution >= 4 is 20.1 Å². The molecule has 0 aromatic rings. The fourth-order valence-electron chi connectivity index (χ4n) is 12.2. The second kappa shape index (κ2) is 41.7. The maximum Gasteiger partial charge on any atom is -0.0117 e. The van der Waals surface area contributed by atoms with Crippen LogP contribution < -0.4 is 0 Å². The molecule has 2 heteroatoms. The molecular weight excluding hydrogens is 797 g/mol. The number of fused-ring (bicyclic) bond motifs is 1. The molecule has 2 aliphatic carbocycles. The standard InChI is InChI=1S/C61H124S2/c1-7-9-11-13-15-17-19-23-30-38-46-56-62(3,4)60-50-42-33-27-22-21-26-32-40-48-58-54-55-59(58)49-41-36-37-45-53-61(52-44-35-29-25-28-34-43-51-60)63(5,6)57-47-39-31-24-20-18-16-14-12-10-8-2/h58-61H,7-57H2,1-6H3. The summed E-state index contributed by atoms with van der Waals surface area (Å²) in [5.41, 5.74) is 0. The Morgan fingerprint density at radius 2 is 0.444 bits per heavy atom. The van der Waals surface area contributed by atoms with E-state index in [2.05, 4.69) is 38.9 Å². The Kier molecular flexibility index (Phi) is 39.6. The van der Waals surface area contributed by atoms with Gasteiger partial charge >= 0.3 is 0 Å². The van der Waals surface area contributed by atoms with E-state index >= 15 is 0 Å². The highest BCUT2D eigenvalue weighted by Crippen LogP contribution is 2.51. The van der Waals surface area contributed by atoms with Gasteiger partial charge in [-0.1, -0.05) is 277 Å². The van der Waals surface area contributed by atoms with Crippen LogP contribution in [0.25, 0.3) is 0 Å². The Labute approximate surface area is 405 Å². The van der Waals surface area contributed by atoms with Gasteiger partial charge in [0.05, 0.1) is 0 Å². The van der Waals surface area contributed by atoms with Gasteiger partial charge in [0, 0.05) is 0 Å². The summed E-state index contributed by atoms with van der Waals surface area (Å²) >= 11 is 0. The van der Waals surface area contributed by atoms with Crippen LogP contribution in [0.3, 0.4) is 0 Å². The highest BCUT2D eigenvalue weighted by Gasteiger charge is 2.29. The molecule has 0 spiro atoms. The Morgan fingerprint density at radius 1 is 0.238 bits per heavy atom. The van der Waals surface area contributed by atoms with Crippen molar-refractivity contribution in [1.82, 2.24) is 0 Å². The van der Waals surface area contributed by atoms with Crippen molar-refractivity contribution in [1.29, 1.82) is 0 Å². The van der Waals surface area contributed by atoms with Crippen LogP contribution in [-0.2, 0) is 0 Å². The third-order valence-electron chi connectivity index (χ3n) is 17.2. The van der Waals surface area contributed by atoms with E-state index in [9.17, 15) is 0 Å². The molecule has 0 heterocycles. The van der Waals surface area contributed by atoms with Crippen LogP contribution in [0.1, 0.15) is 328 Å². The van der Waals surface area contributed by atoms with Gasteiger partial charge in [-0.2, -0.15) is 0 Å². The van der Waals surface area contributed by atoms with Gasteiger partial charge in [0.2, 0.25) is 0 Å². The van der Waals surface area contributed by atoms with Crippen molar-refractivity contribution in [3.8, 4) is 0 Å². The second-order valence-corrected chi connectivity index (χ2v) is 32.2.